The minimum Gasteiger partial charge on any atom is -0.459 e. The Labute approximate surface area is 104 Å². The zero-order valence-electron chi connectivity index (χ0n) is 9.86. The van der Waals surface area contributed by atoms with Gasteiger partial charge in [0.2, 0.25) is 0 Å². The summed E-state index contributed by atoms with van der Waals surface area (Å²) in [6.45, 7) is 7.44. The van der Waals surface area contributed by atoms with Crippen molar-refractivity contribution >= 4 is 34.2 Å². The van der Waals surface area contributed by atoms with E-state index in [1.807, 2.05) is 27.7 Å². The second-order valence-electron chi connectivity index (χ2n) is 4.30. The van der Waals surface area contributed by atoms with E-state index >= 15 is 0 Å². The van der Waals surface area contributed by atoms with Gasteiger partial charge in [-0.1, -0.05) is 11.3 Å². The Morgan fingerprint density at radius 3 is 2.62 bits per heavy atom. The maximum Gasteiger partial charge on any atom is 0.316 e. The number of aromatic nitrogens is 1. The summed E-state index contributed by atoms with van der Waals surface area (Å²) in [6, 6.07) is 0. The van der Waals surface area contributed by atoms with Gasteiger partial charge in [0.05, 0.1) is 15.7 Å². The highest BCUT2D eigenvalue weighted by Gasteiger charge is 2.17. The number of nitrogens with zero attached hydrogens (tertiary/aromatic N) is 1. The summed E-state index contributed by atoms with van der Waals surface area (Å²) in [6.07, 6.45) is 0. The number of anilines is 1. The molecule has 0 radical (unpaired) electrons. The molecular formula is C10H16N2O2S2. The first-order valence-electron chi connectivity index (χ1n) is 4.85. The highest BCUT2D eigenvalue weighted by Crippen LogP contribution is 2.30. The molecule has 1 aromatic heterocycles. The van der Waals surface area contributed by atoms with E-state index in [0.29, 0.717) is 10.9 Å². The Hall–Kier alpha value is -0.750. The molecule has 1 aromatic rings. The van der Waals surface area contributed by atoms with Crippen LogP contribution in [0.3, 0.4) is 0 Å². The molecule has 2 N–H and O–H groups in total. The summed E-state index contributed by atoms with van der Waals surface area (Å²) in [5, 5.41) is 0.532. The molecule has 90 valence electrons. The largest absolute Gasteiger partial charge is 0.459 e. The summed E-state index contributed by atoms with van der Waals surface area (Å²) in [4.78, 5) is 15.5. The van der Waals surface area contributed by atoms with Gasteiger partial charge in [-0.2, -0.15) is 0 Å². The van der Waals surface area contributed by atoms with Gasteiger partial charge in [-0.25, -0.2) is 4.98 Å². The molecule has 1 rings (SSSR count). The summed E-state index contributed by atoms with van der Waals surface area (Å²) < 4.78 is 6.17. The van der Waals surface area contributed by atoms with E-state index in [1.54, 1.807) is 0 Å². The third-order valence-electron chi connectivity index (χ3n) is 1.51. The van der Waals surface area contributed by atoms with Gasteiger partial charge in [-0.05, 0) is 27.7 Å². The van der Waals surface area contributed by atoms with E-state index in [2.05, 4.69) is 4.98 Å². The maximum atomic E-state index is 11.5. The van der Waals surface area contributed by atoms with E-state index < -0.39 is 5.60 Å². The van der Waals surface area contributed by atoms with Gasteiger partial charge >= 0.3 is 5.97 Å². The molecule has 0 atom stereocenters. The number of carbonyl (C=O) groups excluding carboxylic acids is 1. The first-order valence-corrected chi connectivity index (χ1v) is 6.65. The second-order valence-corrected chi connectivity index (χ2v) is 6.57. The molecule has 0 amide bonds. The smallest absolute Gasteiger partial charge is 0.316 e. The first kappa shape index (κ1) is 13.3. The zero-order valence-corrected chi connectivity index (χ0v) is 11.5. The number of hydrogen-bond donors (Lipinski definition) is 1. The monoisotopic (exact) mass is 260 g/mol. The fourth-order valence-corrected chi connectivity index (χ4v) is 2.83. The Bertz CT molecular complexity index is 383. The predicted octanol–water partition coefficient (Wildman–Crippen LogP) is 2.47. The van der Waals surface area contributed by atoms with Gasteiger partial charge in [0, 0.05) is 0 Å². The highest BCUT2D eigenvalue weighted by atomic mass is 32.2. The summed E-state index contributed by atoms with van der Waals surface area (Å²) in [7, 11) is 0. The number of esters is 1. The van der Waals surface area contributed by atoms with Gasteiger partial charge in [-0.3, -0.25) is 4.79 Å². The van der Waals surface area contributed by atoms with Gasteiger partial charge < -0.3 is 10.5 Å². The van der Waals surface area contributed by atoms with Crippen LogP contribution in [-0.4, -0.2) is 22.3 Å². The number of ether oxygens (including phenoxy) is 1. The molecular weight excluding hydrogens is 244 g/mol. The lowest BCUT2D eigenvalue weighted by molar-refractivity contribution is -0.151. The molecule has 0 unspecified atom stereocenters. The Morgan fingerprint density at radius 2 is 2.19 bits per heavy atom. The number of nitrogen functional groups attached to an aromatic ring is 1. The molecule has 1 heterocycles. The molecule has 0 saturated heterocycles. The van der Waals surface area contributed by atoms with Crippen molar-refractivity contribution in [2.75, 3.05) is 11.5 Å². The Morgan fingerprint density at radius 1 is 1.56 bits per heavy atom. The minimum atomic E-state index is -0.431. The molecule has 6 heteroatoms. The third-order valence-corrected chi connectivity index (χ3v) is 3.83. The quantitative estimate of drug-likeness (QED) is 0.668. The van der Waals surface area contributed by atoms with Crippen LogP contribution in [0.2, 0.25) is 0 Å². The van der Waals surface area contributed by atoms with Crippen molar-refractivity contribution in [3.63, 3.8) is 0 Å². The fraction of sp³-hybridized carbons (Fsp3) is 0.600. The van der Waals surface area contributed by atoms with Crippen molar-refractivity contribution in [1.82, 2.24) is 4.98 Å². The number of thiazole rings is 1. The van der Waals surface area contributed by atoms with E-state index in [-0.39, 0.29) is 5.97 Å². The maximum absolute atomic E-state index is 11.5. The van der Waals surface area contributed by atoms with Crippen LogP contribution >= 0.6 is 23.1 Å². The molecule has 4 nitrogen and oxygen atoms in total. The SMILES string of the molecule is Cc1nc(N)sc1SCC(=O)OC(C)(C)C. The van der Waals surface area contributed by atoms with Crippen LogP contribution < -0.4 is 5.73 Å². The van der Waals surface area contributed by atoms with Crippen LogP contribution in [0, 0.1) is 6.92 Å². The fourth-order valence-electron chi connectivity index (χ4n) is 1.03. The molecule has 0 spiro atoms. The van der Waals surface area contributed by atoms with Gasteiger partial charge in [-0.15, -0.1) is 11.8 Å². The van der Waals surface area contributed by atoms with E-state index in [1.165, 1.54) is 23.1 Å². The van der Waals surface area contributed by atoms with E-state index in [4.69, 9.17) is 10.5 Å². The molecule has 0 saturated carbocycles. The van der Waals surface area contributed by atoms with E-state index in [0.717, 1.165) is 9.90 Å². The summed E-state index contributed by atoms with van der Waals surface area (Å²) in [5.41, 5.74) is 6.01. The van der Waals surface area contributed by atoms with Gasteiger partial charge in [0.15, 0.2) is 5.13 Å². The predicted molar refractivity (Wildman–Crippen MR) is 67.8 cm³/mol. The average molecular weight is 260 g/mol. The van der Waals surface area contributed by atoms with E-state index in [9.17, 15) is 4.79 Å². The number of thioether (sulfide) groups is 1. The molecule has 0 fully saturated rings. The van der Waals surface area contributed by atoms with Crippen LogP contribution in [0.4, 0.5) is 5.13 Å². The van der Waals surface area contributed by atoms with Crippen molar-refractivity contribution in [3.05, 3.63) is 5.69 Å². The van der Waals surface area contributed by atoms with Crippen molar-refractivity contribution in [3.8, 4) is 0 Å². The lowest BCUT2D eigenvalue weighted by Gasteiger charge is -2.19. The molecule has 0 aliphatic rings. The Kier molecular flexibility index (Phi) is 4.21. The molecule has 16 heavy (non-hydrogen) atoms. The number of carbonyl (C=O) groups is 1. The molecule has 0 aromatic carbocycles. The van der Waals surface area contributed by atoms with Gasteiger partial charge in [0.25, 0.3) is 0 Å². The van der Waals surface area contributed by atoms with Crippen LogP contribution in [0.5, 0.6) is 0 Å². The number of hydrogen-bond acceptors (Lipinski definition) is 6. The minimum absolute atomic E-state index is 0.219. The third kappa shape index (κ3) is 4.40. The Balaban J connectivity index is 2.46. The second kappa shape index (κ2) is 5.05. The molecule has 0 aliphatic carbocycles. The van der Waals surface area contributed by atoms with Crippen molar-refractivity contribution in [1.29, 1.82) is 0 Å². The normalized spacial score (nSPS) is 11.5. The van der Waals surface area contributed by atoms with Crippen molar-refractivity contribution < 1.29 is 9.53 Å². The van der Waals surface area contributed by atoms with Crippen molar-refractivity contribution in [2.24, 2.45) is 0 Å². The van der Waals surface area contributed by atoms with Gasteiger partial charge in [0.1, 0.15) is 5.60 Å². The molecule has 0 bridgehead atoms. The van der Waals surface area contributed by atoms with Crippen LogP contribution in [0.15, 0.2) is 4.21 Å². The number of nitrogens with two attached hydrogens (primary N) is 1. The van der Waals surface area contributed by atoms with Crippen LogP contribution in [0.25, 0.3) is 0 Å². The highest BCUT2D eigenvalue weighted by molar-refractivity contribution is 8.01. The number of aryl methyl sites for hydroxylation is 1. The van der Waals surface area contributed by atoms with Crippen molar-refractivity contribution in [2.45, 2.75) is 37.5 Å². The lowest BCUT2D eigenvalue weighted by Crippen LogP contribution is -2.24. The molecule has 0 aliphatic heterocycles. The zero-order chi connectivity index (χ0) is 12.3. The topological polar surface area (TPSA) is 65.2 Å². The van der Waals surface area contributed by atoms with Crippen LogP contribution in [0.1, 0.15) is 26.5 Å². The standard InChI is InChI=1S/C10H16N2O2S2/c1-6-8(16-9(11)12-6)15-5-7(13)14-10(2,3)4/h5H2,1-4H3,(H2,11,12). The van der Waals surface area contributed by atoms with Crippen LogP contribution in [-0.2, 0) is 9.53 Å². The summed E-state index contributed by atoms with van der Waals surface area (Å²) in [5.74, 6) is 0.0728. The summed E-state index contributed by atoms with van der Waals surface area (Å²) >= 11 is 2.81. The number of rotatable bonds is 3. The first-order chi connectivity index (χ1) is 7.28. The lowest BCUT2D eigenvalue weighted by atomic mass is 10.2. The average Bonchev–Trinajstić information content (AvgIpc) is 2.38.